The van der Waals surface area contributed by atoms with Gasteiger partial charge in [0.15, 0.2) is 0 Å². The molecule has 2 heterocycles. The molecule has 0 aromatic carbocycles. The Hall–Kier alpha value is -2.83. The van der Waals surface area contributed by atoms with Gasteiger partial charge in [0.1, 0.15) is 24.4 Å². The van der Waals surface area contributed by atoms with Crippen molar-refractivity contribution in [3.63, 3.8) is 0 Å². The Morgan fingerprint density at radius 2 is 1.49 bits per heavy atom. The molecule has 0 bridgehead atoms. The van der Waals surface area contributed by atoms with Crippen molar-refractivity contribution < 1.29 is 29.1 Å². The van der Waals surface area contributed by atoms with Crippen molar-refractivity contribution in [2.24, 2.45) is 27.1 Å². The normalized spacial score (nSPS) is 28.2. The van der Waals surface area contributed by atoms with Gasteiger partial charge in [-0.15, -0.1) is 0 Å². The van der Waals surface area contributed by atoms with E-state index >= 15 is 4.79 Å². The molecule has 1 unspecified atom stereocenters. The van der Waals surface area contributed by atoms with Crippen molar-refractivity contribution in [1.82, 2.24) is 31.1 Å². The van der Waals surface area contributed by atoms with Crippen LogP contribution in [0.25, 0.3) is 0 Å². The van der Waals surface area contributed by atoms with E-state index < -0.39 is 64.7 Å². The summed E-state index contributed by atoms with van der Waals surface area (Å²) in [5, 5.41) is 23.6. The molecular weight excluding hydrogens is 697 g/mol. The lowest BCUT2D eigenvalue weighted by Gasteiger charge is -2.43. The quantitative estimate of drug-likeness (QED) is 0.1000. The molecule has 310 valence electrons. The predicted molar refractivity (Wildman–Crippen MR) is 213 cm³/mol. The summed E-state index contributed by atoms with van der Waals surface area (Å²) < 4.78 is 0. The van der Waals surface area contributed by atoms with Gasteiger partial charge in [-0.3, -0.25) is 34.2 Å². The summed E-state index contributed by atoms with van der Waals surface area (Å²) in [7, 11) is 0. The van der Waals surface area contributed by atoms with Crippen molar-refractivity contribution >= 4 is 29.4 Å². The third-order valence-corrected chi connectivity index (χ3v) is 14.4. The van der Waals surface area contributed by atoms with Gasteiger partial charge < -0.3 is 26.0 Å². The van der Waals surface area contributed by atoms with E-state index in [9.17, 15) is 24.3 Å². The lowest BCUT2D eigenvalue weighted by atomic mass is 9.73. The summed E-state index contributed by atoms with van der Waals surface area (Å²) in [5.74, 6) is -2.74. The SMILES string of the molecule is C=C(CC)[C@H](NC(=O)[C@@H]1C[C@@]2(CN1C(=O)[C@@H](NC(=O)[C@@H](NC(O)[C@@H]1CCCCN1C(C)C)C(C)(C)C)C(C)(C)C)C(C)(C)C21CCC1)C(=O)C(=O)NC1CC1. The highest BCUT2D eigenvalue weighted by molar-refractivity contribution is 6.39. The lowest BCUT2D eigenvalue weighted by molar-refractivity contribution is -0.145. The van der Waals surface area contributed by atoms with Gasteiger partial charge in [-0.2, -0.15) is 0 Å². The van der Waals surface area contributed by atoms with Gasteiger partial charge in [0.2, 0.25) is 23.5 Å². The maximum absolute atomic E-state index is 15.1. The average molecular weight is 769 g/mol. The molecule has 3 aliphatic carbocycles. The number of carbonyl (C=O) groups excluding carboxylic acids is 5. The molecule has 2 spiro atoms. The third-order valence-electron chi connectivity index (χ3n) is 14.4. The Bertz CT molecular complexity index is 1520. The van der Waals surface area contributed by atoms with Gasteiger partial charge in [-0.25, -0.2) is 0 Å². The molecule has 5 fully saturated rings. The third kappa shape index (κ3) is 8.02. The summed E-state index contributed by atoms with van der Waals surface area (Å²) in [6.45, 7) is 27.4. The lowest BCUT2D eigenvalue weighted by Crippen LogP contribution is -2.65. The molecule has 12 nitrogen and oxygen atoms in total. The van der Waals surface area contributed by atoms with Gasteiger partial charge in [0, 0.05) is 30.1 Å². The number of carbonyl (C=O) groups is 5. The number of nitrogens with one attached hydrogen (secondary N) is 4. The van der Waals surface area contributed by atoms with Crippen molar-refractivity contribution in [2.75, 3.05) is 13.1 Å². The fraction of sp³-hybridized carbons (Fsp3) is 0.837. The number of piperidine rings is 1. The fourth-order valence-electron chi connectivity index (χ4n) is 10.5. The van der Waals surface area contributed by atoms with Gasteiger partial charge in [0.05, 0.1) is 6.04 Å². The molecule has 0 aromatic rings. The van der Waals surface area contributed by atoms with Crippen LogP contribution in [0.5, 0.6) is 0 Å². The highest BCUT2D eigenvalue weighted by atomic mass is 16.3. The molecule has 0 radical (unpaired) electrons. The van der Waals surface area contributed by atoms with Crippen LogP contribution in [0.15, 0.2) is 12.2 Å². The van der Waals surface area contributed by atoms with Crippen LogP contribution in [0.2, 0.25) is 0 Å². The number of Topliss-reactive ketones (excluding diaryl/α,β-unsaturated/α-hetero) is 1. The van der Waals surface area contributed by atoms with Crippen molar-refractivity contribution in [3.8, 4) is 0 Å². The number of ketones is 1. The Balaban J connectivity index is 1.42. The second-order valence-electron chi connectivity index (χ2n) is 20.5. The smallest absolute Gasteiger partial charge is 0.290 e. The number of amides is 4. The molecule has 7 atom stereocenters. The van der Waals surface area contributed by atoms with E-state index in [0.717, 1.165) is 57.9 Å². The summed E-state index contributed by atoms with van der Waals surface area (Å²) in [6.07, 6.45) is 7.53. The van der Waals surface area contributed by atoms with Crippen LogP contribution in [0.1, 0.15) is 140 Å². The highest BCUT2D eigenvalue weighted by Gasteiger charge is 2.85. The molecule has 2 aliphatic heterocycles. The zero-order valence-corrected chi connectivity index (χ0v) is 35.7. The number of aliphatic hydroxyl groups excluding tert-OH is 1. The number of fused-ring (bicyclic) bond motifs is 1. The number of nitrogens with zero attached hydrogens (tertiary/aromatic N) is 2. The van der Waals surface area contributed by atoms with Gasteiger partial charge in [-0.05, 0) is 99.0 Å². The molecule has 5 rings (SSSR count). The van der Waals surface area contributed by atoms with E-state index in [-0.39, 0.29) is 40.3 Å². The van der Waals surface area contributed by atoms with E-state index in [4.69, 9.17) is 0 Å². The molecule has 2 saturated heterocycles. The maximum atomic E-state index is 15.1. The first-order valence-corrected chi connectivity index (χ1v) is 21.1. The van der Waals surface area contributed by atoms with Gasteiger partial charge >= 0.3 is 0 Å². The standard InChI is InChI=1S/C43H72N6O6/c1-13-26(4)30(31(50)36(53)44-27-18-19-27)45-35(52)29-23-43(41(11,12)42(43)20-16-21-42)24-49(29)38(55)33(40(8,9)10)47-37(54)32(39(5,6)7)46-34(51)28-17-14-15-22-48(28)25(2)3/h25,27-30,32-34,46,51H,4,13-24H2,1-3,5-12H3,(H,44,53)(H,45,52)(H,47,54)/t28-,29-,30-,32+,33+,34?,43+/m0/s1. The van der Waals surface area contributed by atoms with E-state index in [1.807, 2.05) is 48.5 Å². The number of likely N-dealkylation sites (tertiary alicyclic amines) is 2. The van der Waals surface area contributed by atoms with Crippen LogP contribution in [0.3, 0.4) is 0 Å². The monoisotopic (exact) mass is 769 g/mol. The fourth-order valence-corrected chi connectivity index (χ4v) is 10.5. The Morgan fingerprint density at radius 3 is 1.98 bits per heavy atom. The first kappa shape index (κ1) is 43.3. The zero-order chi connectivity index (χ0) is 41.1. The van der Waals surface area contributed by atoms with E-state index in [2.05, 4.69) is 60.4 Å². The van der Waals surface area contributed by atoms with E-state index in [1.54, 1.807) is 4.90 Å². The average Bonchev–Trinajstić information content (AvgIpc) is 3.91. The summed E-state index contributed by atoms with van der Waals surface area (Å²) in [4.78, 5) is 74.4. The number of hydrogen-bond acceptors (Lipinski definition) is 8. The molecule has 5 aliphatic rings. The minimum absolute atomic E-state index is 0.0147. The number of aliphatic hydroxyl groups is 1. The van der Waals surface area contributed by atoms with Crippen molar-refractivity contribution in [2.45, 2.75) is 189 Å². The predicted octanol–water partition coefficient (Wildman–Crippen LogP) is 4.20. The first-order valence-electron chi connectivity index (χ1n) is 21.1. The topological polar surface area (TPSA) is 160 Å². The minimum atomic E-state index is -1.21. The van der Waals surface area contributed by atoms with Crippen molar-refractivity contribution in [3.05, 3.63) is 12.2 Å². The van der Waals surface area contributed by atoms with Gasteiger partial charge in [-0.1, -0.05) is 81.7 Å². The van der Waals surface area contributed by atoms with Crippen LogP contribution < -0.4 is 21.3 Å². The summed E-state index contributed by atoms with van der Waals surface area (Å²) in [6, 6.07) is -3.88. The maximum Gasteiger partial charge on any atom is 0.290 e. The molecule has 4 amide bonds. The molecule has 55 heavy (non-hydrogen) atoms. The number of hydrogen-bond donors (Lipinski definition) is 5. The van der Waals surface area contributed by atoms with E-state index in [0.29, 0.717) is 25.0 Å². The van der Waals surface area contributed by atoms with Crippen LogP contribution in [-0.4, -0.2) is 106 Å². The number of rotatable bonds is 14. The van der Waals surface area contributed by atoms with Crippen LogP contribution in [0, 0.1) is 27.1 Å². The Labute approximate surface area is 330 Å². The summed E-state index contributed by atoms with van der Waals surface area (Å²) >= 11 is 0. The van der Waals surface area contributed by atoms with Crippen LogP contribution >= 0.6 is 0 Å². The Morgan fingerprint density at radius 1 is 0.873 bits per heavy atom. The molecule has 3 saturated carbocycles. The Kier molecular flexibility index (Phi) is 12.2. The second kappa shape index (κ2) is 15.5. The van der Waals surface area contributed by atoms with Crippen molar-refractivity contribution in [1.29, 1.82) is 0 Å². The minimum Gasteiger partial charge on any atom is -0.377 e. The molecular formula is C43H72N6O6. The first-order chi connectivity index (χ1) is 25.4. The van der Waals surface area contributed by atoms with Crippen LogP contribution in [-0.2, 0) is 24.0 Å². The summed E-state index contributed by atoms with van der Waals surface area (Å²) in [5.41, 5.74) is -1.33. The second-order valence-corrected chi connectivity index (χ2v) is 20.5. The highest BCUT2D eigenvalue weighted by Crippen LogP contribution is 2.88. The molecule has 12 heteroatoms. The van der Waals surface area contributed by atoms with Gasteiger partial charge in [0.25, 0.3) is 5.91 Å². The molecule has 0 aromatic heterocycles. The molecule has 5 N–H and O–H groups in total. The largest absolute Gasteiger partial charge is 0.377 e. The van der Waals surface area contributed by atoms with E-state index in [1.165, 1.54) is 0 Å². The van der Waals surface area contributed by atoms with Crippen LogP contribution in [0.4, 0.5) is 0 Å². The zero-order valence-electron chi connectivity index (χ0n) is 35.7.